The van der Waals surface area contributed by atoms with Crippen LogP contribution in [0.3, 0.4) is 0 Å². The van der Waals surface area contributed by atoms with E-state index in [1.807, 2.05) is 0 Å². The van der Waals surface area contributed by atoms with E-state index in [9.17, 15) is 13.2 Å². The van der Waals surface area contributed by atoms with Crippen LogP contribution >= 0.6 is 0 Å². The lowest BCUT2D eigenvalue weighted by molar-refractivity contribution is -0.141. The average molecular weight is 273 g/mol. The third-order valence-corrected chi connectivity index (χ3v) is 4.78. The predicted octanol–water partition coefficient (Wildman–Crippen LogP) is -0.928. The number of rotatable bonds is 3. The molecule has 7 nitrogen and oxygen atoms in total. The van der Waals surface area contributed by atoms with Crippen molar-refractivity contribution in [1.82, 2.24) is 14.2 Å². The summed E-state index contributed by atoms with van der Waals surface area (Å²) in [7, 11) is -2.03. The zero-order chi connectivity index (χ0) is 13.3. The predicted molar refractivity (Wildman–Crippen MR) is 63.6 cm³/mol. The molecule has 18 heavy (non-hydrogen) atoms. The van der Waals surface area contributed by atoms with Gasteiger partial charge in [-0.2, -0.15) is 4.31 Å². The minimum Gasteiger partial charge on any atom is -0.480 e. The lowest BCUT2D eigenvalue weighted by Gasteiger charge is -2.32. The Balaban J connectivity index is 2.36. The van der Waals surface area contributed by atoms with Crippen LogP contribution in [-0.4, -0.2) is 54.0 Å². The molecule has 0 radical (unpaired) electrons. The van der Waals surface area contributed by atoms with Crippen LogP contribution in [0.15, 0.2) is 23.4 Å². The zero-order valence-electron chi connectivity index (χ0n) is 9.91. The molecule has 2 rings (SSSR count). The maximum atomic E-state index is 12.3. The molecule has 1 fully saturated rings. The molecule has 100 valence electrons. The van der Waals surface area contributed by atoms with Gasteiger partial charge in [-0.1, -0.05) is 0 Å². The number of carbonyl (C=O) groups is 1. The number of nitrogens with one attached hydrogen (secondary N) is 1. The lowest BCUT2D eigenvalue weighted by Crippen LogP contribution is -2.56. The maximum Gasteiger partial charge on any atom is 0.323 e. The number of piperazine rings is 1. The summed E-state index contributed by atoms with van der Waals surface area (Å²) in [6.07, 6.45) is 3.08. The van der Waals surface area contributed by atoms with Crippen molar-refractivity contribution in [3.63, 3.8) is 0 Å². The number of hydrogen-bond donors (Lipinski definition) is 2. The summed E-state index contributed by atoms with van der Waals surface area (Å²) < 4.78 is 27.3. The van der Waals surface area contributed by atoms with E-state index in [0.717, 1.165) is 4.31 Å². The van der Waals surface area contributed by atoms with Crippen LogP contribution < -0.4 is 5.32 Å². The van der Waals surface area contributed by atoms with Gasteiger partial charge in [-0.15, -0.1) is 0 Å². The molecular weight excluding hydrogens is 258 g/mol. The molecule has 0 amide bonds. The Labute approximate surface area is 105 Å². The topological polar surface area (TPSA) is 91.6 Å². The van der Waals surface area contributed by atoms with Crippen molar-refractivity contribution < 1.29 is 18.3 Å². The normalized spacial score (nSPS) is 21.9. The van der Waals surface area contributed by atoms with E-state index >= 15 is 0 Å². The molecule has 1 saturated heterocycles. The Kier molecular flexibility index (Phi) is 3.42. The van der Waals surface area contributed by atoms with E-state index in [2.05, 4.69) is 5.32 Å². The molecule has 0 spiro atoms. The fourth-order valence-electron chi connectivity index (χ4n) is 1.95. The first kappa shape index (κ1) is 13.1. The smallest absolute Gasteiger partial charge is 0.323 e. The molecule has 1 aliphatic rings. The summed E-state index contributed by atoms with van der Waals surface area (Å²) in [4.78, 5) is 11.2. The van der Waals surface area contributed by atoms with Gasteiger partial charge in [-0.25, -0.2) is 8.42 Å². The molecule has 1 unspecified atom stereocenters. The van der Waals surface area contributed by atoms with Crippen LogP contribution in [0.1, 0.15) is 0 Å². The van der Waals surface area contributed by atoms with Crippen LogP contribution in [0.5, 0.6) is 0 Å². The van der Waals surface area contributed by atoms with Crippen molar-refractivity contribution in [2.75, 3.05) is 19.6 Å². The first-order valence-electron chi connectivity index (χ1n) is 5.50. The largest absolute Gasteiger partial charge is 0.480 e. The number of sulfonamides is 1. The highest BCUT2D eigenvalue weighted by atomic mass is 32.2. The summed E-state index contributed by atoms with van der Waals surface area (Å²) in [5.41, 5.74) is 0. The molecule has 1 aromatic heterocycles. The summed E-state index contributed by atoms with van der Waals surface area (Å²) in [5, 5.41) is 12.0. The van der Waals surface area contributed by atoms with Crippen LogP contribution in [0.2, 0.25) is 0 Å². The minimum absolute atomic E-state index is 0.123. The van der Waals surface area contributed by atoms with E-state index in [1.54, 1.807) is 17.8 Å². The second-order valence-electron chi connectivity index (χ2n) is 4.19. The molecule has 0 aromatic carbocycles. The SMILES string of the molecule is Cn1ccc(S(=O)(=O)N2CCNCC2C(=O)O)c1. The monoisotopic (exact) mass is 273 g/mol. The van der Waals surface area contributed by atoms with Gasteiger partial charge in [-0.3, -0.25) is 4.79 Å². The average Bonchev–Trinajstić information content (AvgIpc) is 2.76. The van der Waals surface area contributed by atoms with Crippen molar-refractivity contribution in [3.05, 3.63) is 18.5 Å². The Morgan fingerprint density at radius 3 is 2.83 bits per heavy atom. The van der Waals surface area contributed by atoms with Crippen molar-refractivity contribution in [2.24, 2.45) is 7.05 Å². The maximum absolute atomic E-state index is 12.3. The Hall–Kier alpha value is -1.38. The third kappa shape index (κ3) is 2.26. The second kappa shape index (κ2) is 4.71. The van der Waals surface area contributed by atoms with Crippen molar-refractivity contribution in [3.8, 4) is 0 Å². The Morgan fingerprint density at radius 1 is 1.56 bits per heavy atom. The van der Waals surface area contributed by atoms with Crippen LogP contribution in [0.4, 0.5) is 0 Å². The quantitative estimate of drug-likeness (QED) is 0.742. The van der Waals surface area contributed by atoms with Crippen LogP contribution in [-0.2, 0) is 21.9 Å². The molecule has 1 aliphatic heterocycles. The molecule has 0 aliphatic carbocycles. The van der Waals surface area contributed by atoms with E-state index < -0.39 is 22.0 Å². The number of aromatic nitrogens is 1. The van der Waals surface area contributed by atoms with Crippen LogP contribution in [0.25, 0.3) is 0 Å². The number of aryl methyl sites for hydroxylation is 1. The molecule has 2 heterocycles. The molecule has 0 bridgehead atoms. The van der Waals surface area contributed by atoms with E-state index in [-0.39, 0.29) is 18.0 Å². The van der Waals surface area contributed by atoms with Gasteiger partial charge in [0.25, 0.3) is 0 Å². The third-order valence-electron chi connectivity index (χ3n) is 2.89. The van der Waals surface area contributed by atoms with Gasteiger partial charge < -0.3 is 15.0 Å². The van der Waals surface area contributed by atoms with Gasteiger partial charge >= 0.3 is 5.97 Å². The van der Waals surface area contributed by atoms with E-state index in [1.165, 1.54) is 12.3 Å². The highest BCUT2D eigenvalue weighted by molar-refractivity contribution is 7.89. The van der Waals surface area contributed by atoms with Gasteiger partial charge in [0, 0.05) is 39.1 Å². The summed E-state index contributed by atoms with van der Waals surface area (Å²) >= 11 is 0. The van der Waals surface area contributed by atoms with Crippen molar-refractivity contribution >= 4 is 16.0 Å². The first-order valence-corrected chi connectivity index (χ1v) is 6.94. The second-order valence-corrected chi connectivity index (χ2v) is 6.08. The number of carboxylic acids is 1. The Bertz CT molecular complexity index is 551. The highest BCUT2D eigenvalue weighted by Gasteiger charge is 2.37. The van der Waals surface area contributed by atoms with Gasteiger partial charge in [-0.05, 0) is 6.07 Å². The van der Waals surface area contributed by atoms with Crippen molar-refractivity contribution in [2.45, 2.75) is 10.9 Å². The first-order chi connectivity index (χ1) is 8.43. The summed E-state index contributed by atoms with van der Waals surface area (Å²) in [5.74, 6) is -1.14. The number of hydrogen-bond acceptors (Lipinski definition) is 4. The van der Waals surface area contributed by atoms with Gasteiger partial charge in [0.15, 0.2) is 0 Å². The van der Waals surface area contributed by atoms with E-state index in [4.69, 9.17) is 5.11 Å². The fourth-order valence-corrected chi connectivity index (χ4v) is 3.58. The lowest BCUT2D eigenvalue weighted by atomic mass is 10.2. The van der Waals surface area contributed by atoms with Gasteiger partial charge in [0.2, 0.25) is 10.0 Å². The molecule has 8 heteroatoms. The minimum atomic E-state index is -3.74. The fraction of sp³-hybridized carbons (Fsp3) is 0.500. The number of carboxylic acid groups (broad SMARTS) is 1. The molecule has 1 aromatic rings. The highest BCUT2D eigenvalue weighted by Crippen LogP contribution is 2.19. The zero-order valence-corrected chi connectivity index (χ0v) is 10.7. The number of nitrogens with zero attached hydrogens (tertiary/aromatic N) is 2. The summed E-state index contributed by atoms with van der Waals surface area (Å²) in [6, 6.07) is 0.417. The van der Waals surface area contributed by atoms with Gasteiger partial charge in [0.1, 0.15) is 6.04 Å². The van der Waals surface area contributed by atoms with E-state index in [0.29, 0.717) is 6.54 Å². The standard InChI is InChI=1S/C10H15N3O4S/c1-12-4-2-8(7-12)18(16,17)13-5-3-11-6-9(13)10(14)15/h2,4,7,9,11H,3,5-6H2,1H3,(H,14,15). The summed E-state index contributed by atoms with van der Waals surface area (Å²) in [6.45, 7) is 0.742. The molecule has 2 N–H and O–H groups in total. The van der Waals surface area contributed by atoms with Crippen LogP contribution in [0, 0.1) is 0 Å². The van der Waals surface area contributed by atoms with Gasteiger partial charge in [0.05, 0.1) is 4.90 Å². The Morgan fingerprint density at radius 2 is 2.28 bits per heavy atom. The molecular formula is C10H15N3O4S. The van der Waals surface area contributed by atoms with Crippen molar-refractivity contribution in [1.29, 1.82) is 0 Å². The molecule has 0 saturated carbocycles. The molecule has 1 atom stereocenters. The number of aliphatic carboxylic acids is 1.